The number of hydrogen-bond donors (Lipinski definition) is 2. The normalized spacial score (nSPS) is 15.0. The maximum absolute atomic E-state index is 14.1. The Morgan fingerprint density at radius 3 is 2.40 bits per heavy atom. The predicted octanol–water partition coefficient (Wildman–Crippen LogP) is 7.20. The number of anilines is 3. The van der Waals surface area contributed by atoms with Crippen molar-refractivity contribution in [3.63, 3.8) is 0 Å². The molecule has 7 heteroatoms. The van der Waals surface area contributed by atoms with Crippen molar-refractivity contribution in [1.29, 1.82) is 0 Å². The number of urea groups is 1. The van der Waals surface area contributed by atoms with E-state index in [-0.39, 0.29) is 12.6 Å². The van der Waals surface area contributed by atoms with Gasteiger partial charge in [-0.15, -0.1) is 0 Å². The van der Waals surface area contributed by atoms with Gasteiger partial charge in [0, 0.05) is 23.1 Å². The smallest absolute Gasteiger partial charge is 0.323 e. The fourth-order valence-corrected chi connectivity index (χ4v) is 4.24. The molecule has 2 aromatic carbocycles. The fourth-order valence-electron chi connectivity index (χ4n) is 3.88. The minimum atomic E-state index is -2.84. The first-order chi connectivity index (χ1) is 14.2. The summed E-state index contributed by atoms with van der Waals surface area (Å²) < 4.78 is 28.9. The van der Waals surface area contributed by atoms with E-state index in [4.69, 9.17) is 0 Å². The minimum absolute atomic E-state index is 0.0338. The van der Waals surface area contributed by atoms with Crippen molar-refractivity contribution in [1.82, 2.24) is 0 Å². The van der Waals surface area contributed by atoms with E-state index >= 15 is 0 Å². The molecule has 1 fully saturated rings. The van der Waals surface area contributed by atoms with Crippen molar-refractivity contribution in [2.75, 3.05) is 22.1 Å². The average Bonchev–Trinajstić information content (AvgIpc) is 2.68. The maximum Gasteiger partial charge on any atom is 0.323 e. The molecule has 1 saturated carbocycles. The first kappa shape index (κ1) is 22.5. The molecule has 2 amide bonds. The van der Waals surface area contributed by atoms with Crippen molar-refractivity contribution in [2.24, 2.45) is 0 Å². The first-order valence-electron chi connectivity index (χ1n) is 10.3. The molecule has 0 bridgehead atoms. The lowest BCUT2D eigenvalue weighted by Crippen LogP contribution is -2.44. The Labute approximate surface area is 185 Å². The van der Waals surface area contributed by atoms with Gasteiger partial charge in [-0.1, -0.05) is 52.9 Å². The third-order valence-corrected chi connectivity index (χ3v) is 5.78. The Morgan fingerprint density at radius 2 is 1.77 bits per heavy atom. The number of alkyl halides is 2. The van der Waals surface area contributed by atoms with E-state index in [0.29, 0.717) is 17.1 Å². The van der Waals surface area contributed by atoms with Crippen LogP contribution >= 0.6 is 15.9 Å². The van der Waals surface area contributed by atoms with Crippen LogP contribution in [0.4, 0.5) is 30.6 Å². The van der Waals surface area contributed by atoms with Crippen LogP contribution in [0.5, 0.6) is 0 Å². The third-order valence-electron chi connectivity index (χ3n) is 5.29. The van der Waals surface area contributed by atoms with Gasteiger partial charge in [0.2, 0.25) is 0 Å². The Balaban J connectivity index is 1.85. The van der Waals surface area contributed by atoms with Crippen molar-refractivity contribution >= 4 is 39.0 Å². The molecule has 0 aliphatic heterocycles. The molecule has 0 heterocycles. The number of benzene rings is 2. The summed E-state index contributed by atoms with van der Waals surface area (Å²) in [6.45, 7) is 2.54. The zero-order valence-electron chi connectivity index (χ0n) is 17.4. The largest absolute Gasteiger partial charge is 0.361 e. The Hall–Kier alpha value is -2.15. The number of hydrogen-bond acceptors (Lipinski definition) is 2. The second-order valence-corrected chi connectivity index (χ2v) is 9.01. The monoisotopic (exact) mass is 479 g/mol. The molecule has 30 heavy (non-hydrogen) atoms. The third kappa shape index (κ3) is 6.42. The number of nitrogens with zero attached hydrogens (tertiary/aromatic N) is 1. The first-order valence-corrected chi connectivity index (χ1v) is 11.1. The predicted molar refractivity (Wildman–Crippen MR) is 123 cm³/mol. The molecule has 2 aromatic rings. The zero-order chi connectivity index (χ0) is 21.7. The molecule has 0 spiro atoms. The molecular formula is C23H28BrF2N3O. The quantitative estimate of drug-likeness (QED) is 0.460. The molecule has 4 nitrogen and oxygen atoms in total. The summed E-state index contributed by atoms with van der Waals surface area (Å²) in [5.41, 5.74) is 2.88. The number of carbonyl (C=O) groups is 1. The standard InChI is InChI=1S/C23H28BrF2N3O/c1-16-8-11-18(12-9-16)27-22(30)28-20-14-17(24)10-13-21(20)29(15-23(2,25)26)19-6-4-3-5-7-19/h8-14,19H,3-7,15H2,1-2H3,(H2,27,28,30). The molecule has 2 N–H and O–H groups in total. The van der Waals surface area contributed by atoms with Gasteiger partial charge in [-0.05, 0) is 50.1 Å². The number of nitrogens with one attached hydrogen (secondary N) is 2. The highest BCUT2D eigenvalue weighted by Crippen LogP contribution is 2.36. The zero-order valence-corrected chi connectivity index (χ0v) is 18.9. The second kappa shape index (κ2) is 9.77. The molecule has 162 valence electrons. The van der Waals surface area contributed by atoms with E-state index in [1.807, 2.05) is 37.3 Å². The summed E-state index contributed by atoms with van der Waals surface area (Å²) in [6, 6.07) is 12.5. The van der Waals surface area contributed by atoms with Gasteiger partial charge in [0.15, 0.2) is 0 Å². The van der Waals surface area contributed by atoms with Crippen LogP contribution in [0.25, 0.3) is 0 Å². The maximum atomic E-state index is 14.1. The van der Waals surface area contributed by atoms with Crippen LogP contribution in [0.3, 0.4) is 0 Å². The van der Waals surface area contributed by atoms with Crippen LogP contribution in [0.1, 0.15) is 44.6 Å². The number of carbonyl (C=O) groups excluding carboxylic acids is 1. The van der Waals surface area contributed by atoms with Gasteiger partial charge in [-0.25, -0.2) is 13.6 Å². The van der Waals surface area contributed by atoms with Gasteiger partial charge < -0.3 is 15.5 Å². The highest BCUT2D eigenvalue weighted by Gasteiger charge is 2.32. The van der Waals surface area contributed by atoms with Crippen molar-refractivity contribution < 1.29 is 13.6 Å². The van der Waals surface area contributed by atoms with Crippen LogP contribution in [-0.2, 0) is 0 Å². The van der Waals surface area contributed by atoms with E-state index in [0.717, 1.165) is 49.1 Å². The molecule has 1 aliphatic rings. The number of aryl methyl sites for hydroxylation is 1. The van der Waals surface area contributed by atoms with Crippen molar-refractivity contribution in [3.8, 4) is 0 Å². The van der Waals surface area contributed by atoms with Crippen LogP contribution in [0.15, 0.2) is 46.9 Å². The highest BCUT2D eigenvalue weighted by atomic mass is 79.9. The van der Waals surface area contributed by atoms with Gasteiger partial charge in [0.05, 0.1) is 17.9 Å². The van der Waals surface area contributed by atoms with Crippen LogP contribution < -0.4 is 15.5 Å². The molecular weight excluding hydrogens is 452 g/mol. The van der Waals surface area contributed by atoms with E-state index in [9.17, 15) is 13.6 Å². The Kier molecular flexibility index (Phi) is 7.34. The van der Waals surface area contributed by atoms with Crippen LogP contribution in [-0.4, -0.2) is 24.5 Å². The molecule has 0 saturated heterocycles. The summed E-state index contributed by atoms with van der Waals surface area (Å²) >= 11 is 3.43. The molecule has 0 radical (unpaired) electrons. The Bertz CT molecular complexity index is 862. The van der Waals surface area contributed by atoms with Crippen molar-refractivity contribution in [2.45, 2.75) is 57.9 Å². The van der Waals surface area contributed by atoms with Crippen molar-refractivity contribution in [3.05, 3.63) is 52.5 Å². The Morgan fingerprint density at radius 1 is 1.10 bits per heavy atom. The molecule has 0 atom stereocenters. The van der Waals surface area contributed by atoms with Gasteiger partial charge >= 0.3 is 6.03 Å². The second-order valence-electron chi connectivity index (χ2n) is 8.10. The minimum Gasteiger partial charge on any atom is -0.361 e. The van der Waals surface area contributed by atoms with Gasteiger partial charge in [0.1, 0.15) is 0 Å². The highest BCUT2D eigenvalue weighted by molar-refractivity contribution is 9.10. The summed E-state index contributed by atoms with van der Waals surface area (Å²) in [5, 5.41) is 5.65. The molecule has 1 aliphatic carbocycles. The van der Waals surface area contributed by atoms with Crippen LogP contribution in [0.2, 0.25) is 0 Å². The van der Waals surface area contributed by atoms with Gasteiger partial charge in [-0.2, -0.15) is 0 Å². The summed E-state index contributed by atoms with van der Waals surface area (Å²) in [6.07, 6.45) is 4.95. The molecule has 0 aromatic heterocycles. The summed E-state index contributed by atoms with van der Waals surface area (Å²) in [4.78, 5) is 14.4. The lowest BCUT2D eigenvalue weighted by atomic mass is 9.93. The summed E-state index contributed by atoms with van der Waals surface area (Å²) in [7, 11) is 0. The van der Waals surface area contributed by atoms with E-state index in [1.54, 1.807) is 17.0 Å². The van der Waals surface area contributed by atoms with Crippen LogP contribution in [0, 0.1) is 6.92 Å². The molecule has 3 rings (SSSR count). The van der Waals surface area contributed by atoms with E-state index in [1.165, 1.54) is 0 Å². The topological polar surface area (TPSA) is 44.4 Å². The summed E-state index contributed by atoms with van der Waals surface area (Å²) in [5.74, 6) is -2.84. The van der Waals surface area contributed by atoms with E-state index < -0.39 is 12.0 Å². The lowest BCUT2D eigenvalue weighted by molar-refractivity contribution is 0.0272. The van der Waals surface area contributed by atoms with Gasteiger partial charge in [-0.3, -0.25) is 0 Å². The average molecular weight is 480 g/mol. The van der Waals surface area contributed by atoms with Gasteiger partial charge in [0.25, 0.3) is 5.92 Å². The number of amides is 2. The SMILES string of the molecule is Cc1ccc(NC(=O)Nc2cc(Br)ccc2N(CC(C)(F)F)C2CCCCC2)cc1. The lowest BCUT2D eigenvalue weighted by Gasteiger charge is -2.38. The number of halogens is 3. The fraction of sp³-hybridized carbons (Fsp3) is 0.435. The molecule has 0 unspecified atom stereocenters. The van der Waals surface area contributed by atoms with E-state index in [2.05, 4.69) is 26.6 Å². The number of rotatable bonds is 6.